The van der Waals surface area contributed by atoms with Gasteiger partial charge in [0.2, 0.25) is 0 Å². The molecule has 17 heavy (non-hydrogen) atoms. The lowest BCUT2D eigenvalue weighted by Crippen LogP contribution is -2.31. The van der Waals surface area contributed by atoms with E-state index in [1.165, 1.54) is 14.0 Å². The van der Waals surface area contributed by atoms with E-state index in [0.717, 1.165) is 6.42 Å². The molecule has 0 radical (unpaired) electrons. The van der Waals surface area contributed by atoms with Crippen molar-refractivity contribution in [2.75, 3.05) is 20.5 Å². The lowest BCUT2D eigenvalue weighted by molar-refractivity contribution is -0.0625. The fourth-order valence-corrected chi connectivity index (χ4v) is 1.08. The molecule has 0 bridgehead atoms. The first-order valence-corrected chi connectivity index (χ1v) is 5.67. The van der Waals surface area contributed by atoms with Gasteiger partial charge in [-0.1, -0.05) is 12.8 Å². The molecule has 1 unspecified atom stereocenters. The second kappa shape index (κ2) is 9.34. The minimum Gasteiger partial charge on any atom is -0.386 e. The smallest absolute Gasteiger partial charge is 0.333 e. The summed E-state index contributed by atoms with van der Waals surface area (Å²) in [6, 6.07) is 0. The lowest BCUT2D eigenvalue weighted by Gasteiger charge is -2.14. The van der Waals surface area contributed by atoms with Gasteiger partial charge in [-0.25, -0.2) is 0 Å². The van der Waals surface area contributed by atoms with E-state index in [2.05, 4.69) is 10.7 Å². The van der Waals surface area contributed by atoms with Crippen molar-refractivity contribution in [2.45, 2.75) is 44.6 Å². The van der Waals surface area contributed by atoms with E-state index in [1.807, 2.05) is 5.92 Å². The molecule has 0 aromatic carbocycles. The minimum atomic E-state index is -3.30. The first-order chi connectivity index (χ1) is 8.04. The van der Waals surface area contributed by atoms with Crippen LogP contribution in [0.1, 0.15) is 32.6 Å². The first kappa shape index (κ1) is 16.3. The molecule has 0 saturated carbocycles. The summed E-state index contributed by atoms with van der Waals surface area (Å²) in [6.07, 6.45) is 0.129. The van der Waals surface area contributed by atoms with Crippen LogP contribution < -0.4 is 0 Å². The second-order valence-electron chi connectivity index (χ2n) is 3.62. The number of halogens is 2. The van der Waals surface area contributed by atoms with E-state index in [1.54, 1.807) is 0 Å². The standard InChI is InChI=1S/C12H20F2O3/c1-3-11(15)12(13,14)8-6-4-5-7-9-17-10-16-2/h11,15H,3-5,7,9-10H2,1-2H3. The average molecular weight is 250 g/mol. The molecule has 0 spiro atoms. The van der Waals surface area contributed by atoms with Crippen molar-refractivity contribution in [2.24, 2.45) is 0 Å². The van der Waals surface area contributed by atoms with Gasteiger partial charge in [0.05, 0.1) is 0 Å². The molecule has 0 aromatic rings. The van der Waals surface area contributed by atoms with Crippen LogP contribution in [-0.2, 0) is 9.47 Å². The minimum absolute atomic E-state index is 0.00740. The Morgan fingerprint density at radius 2 is 2.06 bits per heavy atom. The summed E-state index contributed by atoms with van der Waals surface area (Å²) in [6.45, 7) is 2.27. The summed E-state index contributed by atoms with van der Waals surface area (Å²) in [7, 11) is 1.53. The molecule has 0 aliphatic heterocycles. The highest BCUT2D eigenvalue weighted by Gasteiger charge is 2.34. The van der Waals surface area contributed by atoms with E-state index in [4.69, 9.17) is 9.84 Å². The van der Waals surface area contributed by atoms with Gasteiger partial charge in [-0.05, 0) is 25.2 Å². The number of hydrogen-bond donors (Lipinski definition) is 1. The Morgan fingerprint density at radius 1 is 1.35 bits per heavy atom. The molecular formula is C12H20F2O3. The molecule has 0 saturated heterocycles. The largest absolute Gasteiger partial charge is 0.386 e. The number of alkyl halides is 2. The summed E-state index contributed by atoms with van der Waals surface area (Å²) in [4.78, 5) is 0. The van der Waals surface area contributed by atoms with Crippen molar-refractivity contribution in [1.29, 1.82) is 0 Å². The Morgan fingerprint density at radius 3 is 2.65 bits per heavy atom. The summed E-state index contributed by atoms with van der Waals surface area (Å²) < 4.78 is 35.8. The summed E-state index contributed by atoms with van der Waals surface area (Å²) in [5.41, 5.74) is 0. The molecule has 0 aliphatic carbocycles. The van der Waals surface area contributed by atoms with Gasteiger partial charge in [-0.2, -0.15) is 8.78 Å². The van der Waals surface area contributed by atoms with Crippen molar-refractivity contribution < 1.29 is 23.4 Å². The van der Waals surface area contributed by atoms with Crippen molar-refractivity contribution in [3.05, 3.63) is 0 Å². The molecule has 0 aromatic heterocycles. The van der Waals surface area contributed by atoms with Gasteiger partial charge < -0.3 is 14.6 Å². The third kappa shape index (κ3) is 8.08. The molecule has 1 N–H and O–H groups in total. The van der Waals surface area contributed by atoms with Crippen molar-refractivity contribution in [1.82, 2.24) is 0 Å². The topological polar surface area (TPSA) is 38.7 Å². The Hall–Kier alpha value is -0.700. The Balaban J connectivity index is 3.67. The van der Waals surface area contributed by atoms with Crippen LogP contribution in [0.15, 0.2) is 0 Å². The van der Waals surface area contributed by atoms with Crippen LogP contribution in [0.2, 0.25) is 0 Å². The van der Waals surface area contributed by atoms with Gasteiger partial charge in [0.15, 0.2) is 0 Å². The molecule has 0 heterocycles. The maximum atomic E-state index is 13.0. The fraction of sp³-hybridized carbons (Fsp3) is 0.833. The van der Waals surface area contributed by atoms with Crippen molar-refractivity contribution in [3.63, 3.8) is 0 Å². The monoisotopic (exact) mass is 250 g/mol. The van der Waals surface area contributed by atoms with Gasteiger partial charge in [0.1, 0.15) is 12.9 Å². The molecular weight excluding hydrogens is 230 g/mol. The van der Waals surface area contributed by atoms with Gasteiger partial charge in [0, 0.05) is 20.1 Å². The van der Waals surface area contributed by atoms with E-state index in [9.17, 15) is 8.78 Å². The van der Waals surface area contributed by atoms with Crippen LogP contribution in [-0.4, -0.2) is 37.6 Å². The third-order valence-corrected chi connectivity index (χ3v) is 2.10. The number of aliphatic hydroxyl groups is 1. The van der Waals surface area contributed by atoms with E-state index < -0.39 is 12.0 Å². The van der Waals surface area contributed by atoms with Crippen LogP contribution in [0, 0.1) is 11.8 Å². The van der Waals surface area contributed by atoms with Crippen molar-refractivity contribution >= 4 is 0 Å². The summed E-state index contributed by atoms with van der Waals surface area (Å²) >= 11 is 0. The van der Waals surface area contributed by atoms with E-state index in [0.29, 0.717) is 19.4 Å². The Labute approximate surface area is 101 Å². The maximum Gasteiger partial charge on any atom is 0.333 e. The van der Waals surface area contributed by atoms with E-state index >= 15 is 0 Å². The second-order valence-corrected chi connectivity index (χ2v) is 3.62. The van der Waals surface area contributed by atoms with Crippen LogP contribution in [0.5, 0.6) is 0 Å². The van der Waals surface area contributed by atoms with Crippen molar-refractivity contribution in [3.8, 4) is 11.8 Å². The highest BCUT2D eigenvalue weighted by Crippen LogP contribution is 2.19. The summed E-state index contributed by atoms with van der Waals surface area (Å²) in [5, 5.41) is 9.00. The van der Waals surface area contributed by atoms with Crippen LogP contribution in [0.3, 0.4) is 0 Å². The third-order valence-electron chi connectivity index (χ3n) is 2.10. The normalized spacial score (nSPS) is 13.0. The van der Waals surface area contributed by atoms with Crippen LogP contribution in [0.4, 0.5) is 8.78 Å². The number of unbranched alkanes of at least 4 members (excludes halogenated alkanes) is 2. The number of ether oxygens (including phenoxy) is 2. The van der Waals surface area contributed by atoms with Gasteiger partial charge >= 0.3 is 5.92 Å². The molecule has 1 atom stereocenters. The number of rotatable bonds is 8. The highest BCUT2D eigenvalue weighted by molar-refractivity contribution is 5.11. The molecule has 0 amide bonds. The van der Waals surface area contributed by atoms with Gasteiger partial charge in [-0.3, -0.25) is 0 Å². The van der Waals surface area contributed by atoms with Crippen LogP contribution >= 0.6 is 0 Å². The highest BCUT2D eigenvalue weighted by atomic mass is 19.3. The zero-order valence-electron chi connectivity index (χ0n) is 10.3. The van der Waals surface area contributed by atoms with Gasteiger partial charge in [-0.15, -0.1) is 0 Å². The number of aliphatic hydroxyl groups excluding tert-OH is 1. The number of methoxy groups -OCH3 is 1. The zero-order valence-corrected chi connectivity index (χ0v) is 10.3. The van der Waals surface area contributed by atoms with E-state index in [-0.39, 0.29) is 13.2 Å². The first-order valence-electron chi connectivity index (χ1n) is 5.67. The Bertz CT molecular complexity index is 246. The predicted molar refractivity (Wildman–Crippen MR) is 60.7 cm³/mol. The molecule has 3 nitrogen and oxygen atoms in total. The lowest BCUT2D eigenvalue weighted by atomic mass is 10.1. The van der Waals surface area contributed by atoms with Gasteiger partial charge in [0.25, 0.3) is 0 Å². The van der Waals surface area contributed by atoms with Crippen LogP contribution in [0.25, 0.3) is 0 Å². The average Bonchev–Trinajstić information content (AvgIpc) is 2.31. The zero-order chi connectivity index (χ0) is 13.1. The fourth-order valence-electron chi connectivity index (χ4n) is 1.08. The molecule has 5 heteroatoms. The Kier molecular flexibility index (Phi) is 8.96. The predicted octanol–water partition coefficient (Wildman–Crippen LogP) is 2.19. The number of hydrogen-bond acceptors (Lipinski definition) is 3. The molecule has 0 rings (SSSR count). The quantitative estimate of drug-likeness (QED) is 0.408. The molecule has 0 aliphatic rings. The summed E-state index contributed by atoms with van der Waals surface area (Å²) in [5.74, 6) is 0.894. The molecule has 100 valence electrons. The SMILES string of the molecule is CCC(O)C(F)(F)C#CCCCCOCOC. The maximum absolute atomic E-state index is 13.0. The molecule has 0 fully saturated rings.